The molecule has 10 aromatic rings. The van der Waals surface area contributed by atoms with E-state index in [9.17, 15) is 0 Å². The first-order valence-electron chi connectivity index (χ1n) is 17.1. The van der Waals surface area contributed by atoms with Crippen LogP contribution in [0, 0.1) is 0 Å². The van der Waals surface area contributed by atoms with Gasteiger partial charge in [0.25, 0.3) is 0 Å². The SMILES string of the molecule is c1ccc(N(c2ccc(-c3cc4ccccc4c4ccccc34)cc2)c2ccc3c(c2)sc2ccccc23)c(-c2cccc3ccccc23)c1. The maximum Gasteiger partial charge on any atom is 0.0540 e. The first kappa shape index (κ1) is 28.8. The van der Waals surface area contributed by atoms with Crippen LogP contribution in [0.1, 0.15) is 0 Å². The van der Waals surface area contributed by atoms with Crippen LogP contribution in [0.2, 0.25) is 0 Å². The van der Waals surface area contributed by atoms with Gasteiger partial charge in [-0.2, -0.15) is 0 Å². The number of nitrogens with zero attached hydrogens (tertiary/aromatic N) is 1. The van der Waals surface area contributed by atoms with Gasteiger partial charge in [-0.1, -0.05) is 146 Å². The Hall–Kier alpha value is -6.22. The molecule has 0 unspecified atom stereocenters. The Morgan fingerprint density at radius 1 is 0.320 bits per heavy atom. The molecule has 0 aliphatic carbocycles. The smallest absolute Gasteiger partial charge is 0.0540 e. The van der Waals surface area contributed by atoms with E-state index in [0.29, 0.717) is 0 Å². The Morgan fingerprint density at radius 2 is 0.920 bits per heavy atom. The van der Waals surface area contributed by atoms with E-state index < -0.39 is 0 Å². The van der Waals surface area contributed by atoms with E-state index in [1.807, 2.05) is 11.3 Å². The van der Waals surface area contributed by atoms with Gasteiger partial charge in [-0.15, -0.1) is 11.3 Å². The molecular formula is C48H31NS. The Bertz CT molecular complexity index is 2870. The maximum atomic E-state index is 2.43. The van der Waals surface area contributed by atoms with Crippen LogP contribution in [0.4, 0.5) is 17.1 Å². The summed E-state index contributed by atoms with van der Waals surface area (Å²) >= 11 is 1.86. The molecule has 234 valence electrons. The van der Waals surface area contributed by atoms with Crippen molar-refractivity contribution in [3.63, 3.8) is 0 Å². The number of hydrogen-bond acceptors (Lipinski definition) is 2. The summed E-state index contributed by atoms with van der Waals surface area (Å²) < 4.78 is 2.60. The summed E-state index contributed by atoms with van der Waals surface area (Å²) in [5.41, 5.74) is 8.29. The molecule has 0 amide bonds. The predicted octanol–water partition coefficient (Wildman–Crippen LogP) is 14.3. The molecule has 2 heteroatoms. The summed E-state index contributed by atoms with van der Waals surface area (Å²) in [7, 11) is 0. The molecule has 9 aromatic carbocycles. The van der Waals surface area contributed by atoms with E-state index in [1.165, 1.54) is 74.7 Å². The molecule has 10 rings (SSSR count). The van der Waals surface area contributed by atoms with Crippen LogP contribution in [0.3, 0.4) is 0 Å². The second kappa shape index (κ2) is 11.7. The van der Waals surface area contributed by atoms with Crippen LogP contribution in [0.15, 0.2) is 188 Å². The number of anilines is 3. The number of thiophene rings is 1. The molecule has 0 N–H and O–H groups in total. The van der Waals surface area contributed by atoms with E-state index in [0.717, 1.165) is 17.1 Å². The fraction of sp³-hybridized carbons (Fsp3) is 0. The third-order valence-corrected chi connectivity index (χ3v) is 11.2. The normalized spacial score (nSPS) is 11.6. The van der Waals surface area contributed by atoms with Gasteiger partial charge >= 0.3 is 0 Å². The van der Waals surface area contributed by atoms with E-state index >= 15 is 0 Å². The number of hydrogen-bond donors (Lipinski definition) is 0. The molecule has 1 aromatic heterocycles. The van der Waals surface area contributed by atoms with Crippen molar-refractivity contribution < 1.29 is 0 Å². The maximum absolute atomic E-state index is 2.43. The highest BCUT2D eigenvalue weighted by Gasteiger charge is 2.20. The predicted molar refractivity (Wildman–Crippen MR) is 217 cm³/mol. The van der Waals surface area contributed by atoms with Gasteiger partial charge in [0.1, 0.15) is 0 Å². The summed E-state index contributed by atoms with van der Waals surface area (Å²) in [5.74, 6) is 0. The fourth-order valence-corrected chi connectivity index (χ4v) is 8.86. The zero-order valence-electron chi connectivity index (χ0n) is 27.3. The van der Waals surface area contributed by atoms with Crippen LogP contribution in [0.25, 0.3) is 74.7 Å². The minimum absolute atomic E-state index is 1.12. The van der Waals surface area contributed by atoms with Crippen molar-refractivity contribution in [2.75, 3.05) is 4.90 Å². The van der Waals surface area contributed by atoms with Gasteiger partial charge < -0.3 is 4.90 Å². The first-order chi connectivity index (χ1) is 24.8. The summed E-state index contributed by atoms with van der Waals surface area (Å²) in [5, 5.41) is 10.2. The number of fused-ring (bicyclic) bond motifs is 7. The van der Waals surface area contributed by atoms with E-state index in [1.54, 1.807) is 0 Å². The van der Waals surface area contributed by atoms with Gasteiger partial charge in [0, 0.05) is 37.1 Å². The van der Waals surface area contributed by atoms with Crippen molar-refractivity contribution in [1.82, 2.24) is 0 Å². The average molecular weight is 654 g/mol. The van der Waals surface area contributed by atoms with Crippen molar-refractivity contribution >= 4 is 80.9 Å². The third-order valence-electron chi connectivity index (χ3n) is 10.0. The molecule has 1 heterocycles. The van der Waals surface area contributed by atoms with Crippen molar-refractivity contribution in [2.45, 2.75) is 0 Å². The summed E-state index contributed by atoms with van der Waals surface area (Å²) in [4.78, 5) is 2.43. The molecule has 0 spiro atoms. The highest BCUT2D eigenvalue weighted by molar-refractivity contribution is 7.25. The van der Waals surface area contributed by atoms with Gasteiger partial charge in [-0.25, -0.2) is 0 Å². The van der Waals surface area contributed by atoms with E-state index in [-0.39, 0.29) is 0 Å². The number of rotatable bonds is 5. The van der Waals surface area contributed by atoms with Crippen LogP contribution < -0.4 is 4.90 Å². The van der Waals surface area contributed by atoms with E-state index in [2.05, 4.69) is 193 Å². The van der Waals surface area contributed by atoms with Gasteiger partial charge in [0.05, 0.1) is 5.69 Å². The highest BCUT2D eigenvalue weighted by Crippen LogP contribution is 2.45. The molecule has 0 aliphatic heterocycles. The van der Waals surface area contributed by atoms with Crippen LogP contribution in [-0.4, -0.2) is 0 Å². The highest BCUT2D eigenvalue weighted by atomic mass is 32.1. The molecule has 50 heavy (non-hydrogen) atoms. The molecule has 0 saturated carbocycles. The zero-order valence-corrected chi connectivity index (χ0v) is 28.1. The summed E-state index contributed by atoms with van der Waals surface area (Å²) in [6.07, 6.45) is 0. The number of para-hydroxylation sites is 1. The Kier molecular flexibility index (Phi) is 6.75. The summed E-state index contributed by atoms with van der Waals surface area (Å²) in [6.45, 7) is 0. The lowest BCUT2D eigenvalue weighted by atomic mass is 9.93. The minimum Gasteiger partial charge on any atom is -0.310 e. The van der Waals surface area contributed by atoms with Gasteiger partial charge in [-0.05, 0) is 91.5 Å². The van der Waals surface area contributed by atoms with Crippen molar-refractivity contribution in [2.24, 2.45) is 0 Å². The van der Waals surface area contributed by atoms with Crippen molar-refractivity contribution in [3.05, 3.63) is 188 Å². The molecule has 0 atom stereocenters. The number of benzene rings is 9. The molecule has 0 radical (unpaired) electrons. The first-order valence-corrected chi connectivity index (χ1v) is 17.9. The van der Waals surface area contributed by atoms with Gasteiger partial charge in [0.2, 0.25) is 0 Å². The molecule has 1 nitrogen and oxygen atoms in total. The van der Waals surface area contributed by atoms with Gasteiger partial charge in [-0.3, -0.25) is 0 Å². The standard InChI is InChI=1S/C48H31NS/c1-3-15-37-32(12-1)14-11-21-40(37)42-19-7-9-22-46(42)49(36-28-29-44-43-20-8-10-23-47(43)50-48(44)31-36)35-26-24-33(25-27-35)45-30-34-13-2-4-16-38(34)39-17-5-6-18-41(39)45/h1-31H. The lowest BCUT2D eigenvalue weighted by molar-refractivity contribution is 1.29. The van der Waals surface area contributed by atoms with Crippen LogP contribution in [0.5, 0.6) is 0 Å². The second-order valence-electron chi connectivity index (χ2n) is 12.9. The molecule has 0 fully saturated rings. The zero-order chi connectivity index (χ0) is 33.0. The van der Waals surface area contributed by atoms with Crippen molar-refractivity contribution in [1.29, 1.82) is 0 Å². The average Bonchev–Trinajstić information content (AvgIpc) is 3.56. The Labute approximate surface area is 294 Å². The molecular weight excluding hydrogens is 623 g/mol. The van der Waals surface area contributed by atoms with E-state index in [4.69, 9.17) is 0 Å². The lowest BCUT2D eigenvalue weighted by Gasteiger charge is -2.28. The topological polar surface area (TPSA) is 3.24 Å². The lowest BCUT2D eigenvalue weighted by Crippen LogP contribution is -2.11. The largest absolute Gasteiger partial charge is 0.310 e. The molecule has 0 saturated heterocycles. The van der Waals surface area contributed by atoms with Crippen LogP contribution in [-0.2, 0) is 0 Å². The molecule has 0 aliphatic rings. The summed E-state index contributed by atoms with van der Waals surface area (Å²) in [6, 6.07) is 68.8. The Balaban J connectivity index is 1.18. The monoisotopic (exact) mass is 653 g/mol. The van der Waals surface area contributed by atoms with Crippen LogP contribution >= 0.6 is 11.3 Å². The second-order valence-corrected chi connectivity index (χ2v) is 14.0. The fourth-order valence-electron chi connectivity index (χ4n) is 7.72. The molecule has 0 bridgehead atoms. The van der Waals surface area contributed by atoms with Crippen molar-refractivity contribution in [3.8, 4) is 22.3 Å². The van der Waals surface area contributed by atoms with Gasteiger partial charge in [0.15, 0.2) is 0 Å². The quantitative estimate of drug-likeness (QED) is 0.167. The Morgan fingerprint density at radius 3 is 1.78 bits per heavy atom. The minimum atomic E-state index is 1.12. The third kappa shape index (κ3) is 4.69.